The zero-order valence-electron chi connectivity index (χ0n) is 39.4. The van der Waals surface area contributed by atoms with Crippen LogP contribution in [0, 0.1) is 28.6 Å². The summed E-state index contributed by atoms with van der Waals surface area (Å²) in [7, 11) is 0. The third-order valence-electron chi connectivity index (χ3n) is 15.8. The Hall–Kier alpha value is -1.84. The van der Waals surface area contributed by atoms with Gasteiger partial charge in [-0.2, -0.15) is 0 Å². The van der Waals surface area contributed by atoms with Crippen molar-refractivity contribution in [2.24, 2.45) is 28.6 Å². The standard InChI is InChI=1S/C55H94O4/c1-5-7-9-11-13-15-17-19-21-23-25-27-29-31-33-35-52(56)58-47-41-43-54(3)46(45-47)37-38-48-49-39-40-51(55(49,4)44-42-50(48)54)59-53(57)36-34-32-30-28-26-24-22-20-18-16-14-12-10-8-6-2/h19-22,37,47-51H,5-18,23-36,38-45H2,1-4H3/b21-19-,22-20-/t47-,48-,49-,50-,51-,54-,55-/m0/s1. The van der Waals surface area contributed by atoms with Crippen LogP contribution < -0.4 is 0 Å². The zero-order chi connectivity index (χ0) is 42.0. The minimum atomic E-state index is 0.0164. The molecule has 4 rings (SSSR count). The van der Waals surface area contributed by atoms with Crippen molar-refractivity contribution in [1.29, 1.82) is 0 Å². The van der Waals surface area contributed by atoms with Gasteiger partial charge in [-0.05, 0) is 132 Å². The lowest BCUT2D eigenvalue weighted by molar-refractivity contribution is -0.159. The molecular weight excluding hydrogens is 725 g/mol. The fourth-order valence-corrected chi connectivity index (χ4v) is 12.0. The summed E-state index contributed by atoms with van der Waals surface area (Å²) in [6.45, 7) is 9.54. The lowest BCUT2D eigenvalue weighted by Crippen LogP contribution is -2.51. The molecule has 0 aliphatic heterocycles. The van der Waals surface area contributed by atoms with Gasteiger partial charge < -0.3 is 9.47 Å². The van der Waals surface area contributed by atoms with E-state index in [2.05, 4.69) is 58.1 Å². The molecule has 0 bridgehead atoms. The molecule has 7 atom stereocenters. The van der Waals surface area contributed by atoms with Crippen molar-refractivity contribution in [1.82, 2.24) is 0 Å². The maximum absolute atomic E-state index is 13.1. The van der Waals surface area contributed by atoms with Gasteiger partial charge in [0.05, 0.1) is 0 Å². The summed E-state index contributed by atoms with van der Waals surface area (Å²) >= 11 is 0. The molecule has 3 fully saturated rings. The molecule has 4 nitrogen and oxygen atoms in total. The second kappa shape index (κ2) is 28.7. The number of rotatable bonds is 32. The van der Waals surface area contributed by atoms with Crippen molar-refractivity contribution in [3.05, 3.63) is 36.0 Å². The number of carbonyl (C=O) groups is 2. The molecule has 0 N–H and O–H groups in total. The van der Waals surface area contributed by atoms with E-state index < -0.39 is 0 Å². The van der Waals surface area contributed by atoms with E-state index in [0.717, 1.165) is 57.8 Å². The van der Waals surface area contributed by atoms with Crippen molar-refractivity contribution in [3.8, 4) is 0 Å². The number of unbranched alkanes of at least 4 members (excludes halogenated alkanes) is 22. The normalized spacial score (nSPS) is 27.7. The Balaban J connectivity index is 1.05. The molecule has 0 amide bonds. The molecule has 4 aliphatic carbocycles. The first kappa shape index (κ1) is 49.8. The van der Waals surface area contributed by atoms with Crippen molar-refractivity contribution < 1.29 is 19.1 Å². The molecule has 0 saturated heterocycles. The highest BCUT2D eigenvalue weighted by Crippen LogP contribution is 2.65. The van der Waals surface area contributed by atoms with E-state index in [1.165, 1.54) is 161 Å². The van der Waals surface area contributed by atoms with Gasteiger partial charge in [0.25, 0.3) is 0 Å². The maximum atomic E-state index is 13.1. The van der Waals surface area contributed by atoms with E-state index in [-0.39, 0.29) is 35.0 Å². The fraction of sp³-hybridized carbons (Fsp3) is 0.855. The highest BCUT2D eigenvalue weighted by atomic mass is 16.5. The zero-order valence-corrected chi connectivity index (χ0v) is 39.4. The Morgan fingerprint density at radius 1 is 0.559 bits per heavy atom. The minimum absolute atomic E-state index is 0.0164. The highest BCUT2D eigenvalue weighted by molar-refractivity contribution is 5.70. The van der Waals surface area contributed by atoms with Crippen LogP contribution >= 0.6 is 0 Å². The second-order valence-corrected chi connectivity index (χ2v) is 20.4. The molecule has 0 spiro atoms. The molecular formula is C55H94O4. The van der Waals surface area contributed by atoms with Crippen molar-refractivity contribution in [2.45, 2.75) is 271 Å². The van der Waals surface area contributed by atoms with E-state index in [9.17, 15) is 9.59 Å². The molecule has 0 heterocycles. The molecule has 4 aliphatic rings. The van der Waals surface area contributed by atoms with E-state index in [4.69, 9.17) is 9.47 Å². The van der Waals surface area contributed by atoms with E-state index in [1.807, 2.05) is 0 Å². The Morgan fingerprint density at radius 3 is 1.56 bits per heavy atom. The number of esters is 2. The maximum Gasteiger partial charge on any atom is 0.306 e. The van der Waals surface area contributed by atoms with Gasteiger partial charge in [-0.15, -0.1) is 0 Å². The van der Waals surface area contributed by atoms with Crippen LogP contribution in [0.25, 0.3) is 0 Å². The Labute approximate surface area is 365 Å². The molecule has 0 radical (unpaired) electrons. The molecule has 0 aromatic heterocycles. The Bertz CT molecular complexity index is 1250. The van der Waals surface area contributed by atoms with Crippen molar-refractivity contribution >= 4 is 11.9 Å². The van der Waals surface area contributed by atoms with Crippen LogP contribution in [-0.2, 0) is 19.1 Å². The summed E-state index contributed by atoms with van der Waals surface area (Å²) in [5.74, 6) is 2.06. The summed E-state index contributed by atoms with van der Waals surface area (Å²) < 4.78 is 12.5. The third-order valence-corrected chi connectivity index (χ3v) is 15.8. The SMILES string of the molecule is CCCCCCCC/C=C\CCCCCCCC(=O)O[C@H]1CC[C@@]2(C)C(=CC[C@H]3[C@@H]4CC[C@H](OC(=O)CCCCCCC/C=C\CCCCCCCC)[C@@]4(C)CC[C@@H]32)C1. The van der Waals surface area contributed by atoms with Crippen LogP contribution in [0.2, 0.25) is 0 Å². The minimum Gasteiger partial charge on any atom is -0.462 e. The van der Waals surface area contributed by atoms with Crippen LogP contribution in [0.15, 0.2) is 36.0 Å². The van der Waals surface area contributed by atoms with Crippen molar-refractivity contribution in [2.75, 3.05) is 0 Å². The van der Waals surface area contributed by atoms with Crippen LogP contribution in [-0.4, -0.2) is 24.1 Å². The van der Waals surface area contributed by atoms with E-state index in [1.54, 1.807) is 5.57 Å². The summed E-state index contributed by atoms with van der Waals surface area (Å²) in [5, 5.41) is 0. The first-order valence-electron chi connectivity index (χ1n) is 26.2. The monoisotopic (exact) mass is 819 g/mol. The summed E-state index contributed by atoms with van der Waals surface area (Å²) in [6, 6.07) is 0. The number of carbonyl (C=O) groups excluding carboxylic acids is 2. The summed E-state index contributed by atoms with van der Waals surface area (Å²) in [5.41, 5.74) is 1.89. The topological polar surface area (TPSA) is 52.6 Å². The summed E-state index contributed by atoms with van der Waals surface area (Å²) in [4.78, 5) is 26.0. The third kappa shape index (κ3) is 17.1. The molecule has 0 unspecified atom stereocenters. The van der Waals surface area contributed by atoms with Gasteiger partial charge in [-0.1, -0.05) is 166 Å². The first-order chi connectivity index (χ1) is 28.8. The summed E-state index contributed by atoms with van der Waals surface area (Å²) in [6.07, 6.45) is 55.3. The average molecular weight is 819 g/mol. The first-order valence-corrected chi connectivity index (χ1v) is 26.2. The number of fused-ring (bicyclic) bond motifs is 5. The molecule has 0 aromatic rings. The van der Waals surface area contributed by atoms with E-state index >= 15 is 0 Å². The van der Waals surface area contributed by atoms with Gasteiger partial charge in [-0.3, -0.25) is 9.59 Å². The van der Waals surface area contributed by atoms with Crippen LogP contribution in [0.5, 0.6) is 0 Å². The number of hydrogen-bond donors (Lipinski definition) is 0. The largest absolute Gasteiger partial charge is 0.462 e. The quantitative estimate of drug-likeness (QED) is 0.0385. The van der Waals surface area contributed by atoms with Gasteiger partial charge >= 0.3 is 11.9 Å². The second-order valence-electron chi connectivity index (χ2n) is 20.4. The van der Waals surface area contributed by atoms with Gasteiger partial charge in [-0.25, -0.2) is 0 Å². The highest BCUT2D eigenvalue weighted by Gasteiger charge is 2.59. The Morgan fingerprint density at radius 2 is 1.03 bits per heavy atom. The van der Waals surface area contributed by atoms with Gasteiger partial charge in [0, 0.05) is 24.7 Å². The number of hydrogen-bond acceptors (Lipinski definition) is 4. The molecule has 3 saturated carbocycles. The lowest BCUT2D eigenvalue weighted by atomic mass is 9.48. The number of allylic oxidation sites excluding steroid dienone is 5. The molecule has 4 heteroatoms. The van der Waals surface area contributed by atoms with Gasteiger partial charge in [0.15, 0.2) is 0 Å². The van der Waals surface area contributed by atoms with Crippen LogP contribution in [0.3, 0.4) is 0 Å². The molecule has 0 aromatic carbocycles. The Kier molecular flexibility index (Phi) is 24.2. The van der Waals surface area contributed by atoms with Gasteiger partial charge in [0.1, 0.15) is 12.2 Å². The van der Waals surface area contributed by atoms with Crippen molar-refractivity contribution in [3.63, 3.8) is 0 Å². The number of ether oxygens (including phenoxy) is 2. The predicted molar refractivity (Wildman–Crippen MR) is 250 cm³/mol. The predicted octanol–water partition coefficient (Wildman–Crippen LogP) is 16.8. The molecule has 59 heavy (non-hydrogen) atoms. The van der Waals surface area contributed by atoms with Gasteiger partial charge in [0.2, 0.25) is 0 Å². The average Bonchev–Trinajstić information content (AvgIpc) is 3.56. The smallest absolute Gasteiger partial charge is 0.306 e. The van der Waals surface area contributed by atoms with Crippen LogP contribution in [0.4, 0.5) is 0 Å². The molecule has 338 valence electrons. The lowest BCUT2D eigenvalue weighted by Gasteiger charge is -2.57. The fourth-order valence-electron chi connectivity index (χ4n) is 12.0. The van der Waals surface area contributed by atoms with E-state index in [0.29, 0.717) is 30.6 Å². The van der Waals surface area contributed by atoms with Crippen LogP contribution in [0.1, 0.15) is 259 Å².